The number of benzene rings is 4. The fourth-order valence-corrected chi connectivity index (χ4v) is 7.67. The molecule has 0 radical (unpaired) electrons. The molecule has 1 heterocycles. The van der Waals surface area contributed by atoms with Crippen LogP contribution >= 0.6 is 33.5 Å². The van der Waals surface area contributed by atoms with Gasteiger partial charge in [0.05, 0.1) is 10.7 Å². The van der Waals surface area contributed by atoms with E-state index in [1.54, 1.807) is 7.11 Å². The van der Waals surface area contributed by atoms with E-state index in [1.807, 2.05) is 19.1 Å². The second-order valence-electron chi connectivity index (χ2n) is 8.02. The number of fused-ring (bicyclic) bond motifs is 3. The van der Waals surface area contributed by atoms with E-state index in [1.165, 1.54) is 25.8 Å². The lowest BCUT2D eigenvalue weighted by Gasteiger charge is -2.19. The molecule has 0 unspecified atom stereocenters. The first kappa shape index (κ1) is 24.0. The van der Waals surface area contributed by atoms with Crippen LogP contribution in [-0.2, 0) is 11.3 Å². The molecule has 4 aromatic carbocycles. The second-order valence-corrected chi connectivity index (χ2v) is 11.3. The van der Waals surface area contributed by atoms with Crippen LogP contribution in [0.15, 0.2) is 99.6 Å². The van der Waals surface area contributed by atoms with Gasteiger partial charge >= 0.3 is 0 Å². The third kappa shape index (κ3) is 5.01. The van der Waals surface area contributed by atoms with Gasteiger partial charge in [-0.2, -0.15) is 10.9 Å². The summed E-state index contributed by atoms with van der Waals surface area (Å²) in [4.78, 5) is 4.17. The van der Waals surface area contributed by atoms with Gasteiger partial charge in [0.2, 0.25) is 0 Å². The van der Waals surface area contributed by atoms with Crippen molar-refractivity contribution in [1.82, 2.24) is 0 Å². The smallest absolute Gasteiger partial charge is 0.189 e. The Morgan fingerprint density at radius 3 is 2.09 bits per heavy atom. The molecule has 0 saturated carbocycles. The summed E-state index contributed by atoms with van der Waals surface area (Å²) in [6, 6.07) is 30.1. The van der Waals surface area contributed by atoms with Crippen molar-refractivity contribution >= 4 is 33.5 Å². The molecule has 0 atom stereocenters. The predicted molar refractivity (Wildman–Crippen MR) is 149 cm³/mol. The van der Waals surface area contributed by atoms with Gasteiger partial charge in [0.15, 0.2) is 18.3 Å². The highest BCUT2D eigenvalue weighted by Gasteiger charge is 2.26. The van der Waals surface area contributed by atoms with E-state index < -0.39 is 10.9 Å². The topological polar surface area (TPSA) is 36.9 Å². The molecular formula is C29H27IO4S. The summed E-state index contributed by atoms with van der Waals surface area (Å²) >= 11 is 2.25. The third-order valence-corrected chi connectivity index (χ3v) is 9.22. The molecular weight excluding hydrogens is 571 g/mol. The van der Waals surface area contributed by atoms with Gasteiger partial charge in [0.1, 0.15) is 12.4 Å². The van der Waals surface area contributed by atoms with Crippen molar-refractivity contribution in [3.63, 3.8) is 0 Å². The molecule has 0 fully saturated rings. The van der Waals surface area contributed by atoms with E-state index in [-0.39, 0.29) is 6.79 Å². The zero-order chi connectivity index (χ0) is 24.2. The Bertz CT molecular complexity index is 1280. The zero-order valence-electron chi connectivity index (χ0n) is 19.7. The molecule has 0 aliphatic carbocycles. The molecule has 0 N–H and O–H groups in total. The van der Waals surface area contributed by atoms with Crippen LogP contribution in [0.25, 0.3) is 11.1 Å². The predicted octanol–water partition coefficient (Wildman–Crippen LogP) is 7.71. The molecule has 180 valence electrons. The minimum absolute atomic E-state index is 0.197. The fraction of sp³-hybridized carbons (Fsp3) is 0.172. The Labute approximate surface area is 222 Å². The molecule has 6 heteroatoms. The van der Waals surface area contributed by atoms with Gasteiger partial charge in [-0.1, -0.05) is 36.4 Å². The highest BCUT2D eigenvalue weighted by molar-refractivity contribution is 14.1. The molecule has 0 saturated heterocycles. The molecule has 4 aromatic rings. The maximum atomic E-state index is 6.12. The number of hydrogen-bond acceptors (Lipinski definition) is 4. The Morgan fingerprint density at radius 1 is 0.800 bits per heavy atom. The summed E-state index contributed by atoms with van der Waals surface area (Å²) in [6.07, 6.45) is 0. The lowest BCUT2D eigenvalue weighted by Crippen LogP contribution is -2.06. The molecule has 0 amide bonds. The van der Waals surface area contributed by atoms with E-state index in [9.17, 15) is 0 Å². The summed E-state index contributed by atoms with van der Waals surface area (Å²) in [5.41, 5.74) is 3.72. The van der Waals surface area contributed by atoms with Crippen LogP contribution in [0, 0.1) is 3.57 Å². The van der Waals surface area contributed by atoms with Crippen molar-refractivity contribution in [1.29, 1.82) is 0 Å². The first-order valence-corrected chi connectivity index (χ1v) is 13.9. The van der Waals surface area contributed by atoms with E-state index in [0.29, 0.717) is 24.7 Å². The second kappa shape index (κ2) is 10.9. The van der Waals surface area contributed by atoms with Crippen molar-refractivity contribution in [3.8, 4) is 28.4 Å². The molecule has 35 heavy (non-hydrogen) atoms. The Hall–Kier alpha value is -2.68. The normalized spacial score (nSPS) is 12.7. The van der Waals surface area contributed by atoms with E-state index in [4.69, 9.17) is 18.9 Å². The van der Waals surface area contributed by atoms with Gasteiger partial charge in [-0.05, 0) is 99.6 Å². The molecule has 1 aliphatic heterocycles. The van der Waals surface area contributed by atoms with Gasteiger partial charge in [-0.3, -0.25) is 0 Å². The third-order valence-electron chi connectivity index (χ3n) is 5.86. The highest BCUT2D eigenvalue weighted by Crippen LogP contribution is 2.62. The van der Waals surface area contributed by atoms with E-state index in [0.717, 1.165) is 14.9 Å². The van der Waals surface area contributed by atoms with Crippen LogP contribution in [0.3, 0.4) is 0 Å². The Morgan fingerprint density at radius 2 is 1.46 bits per heavy atom. The SMILES string of the molecule is CCOCOc1c(I)cc(COc2ccc([SH]3c4ccccc4-c4ccccc43)cc2)cc1OC. The molecule has 4 nitrogen and oxygen atoms in total. The number of ether oxygens (including phenoxy) is 4. The van der Waals surface area contributed by atoms with Crippen molar-refractivity contribution in [2.45, 2.75) is 28.2 Å². The lowest BCUT2D eigenvalue weighted by molar-refractivity contribution is 0.0203. The van der Waals surface area contributed by atoms with Crippen LogP contribution in [0.5, 0.6) is 17.2 Å². The average Bonchev–Trinajstić information content (AvgIpc) is 3.23. The van der Waals surface area contributed by atoms with Gasteiger partial charge in [-0.15, -0.1) is 0 Å². The fourth-order valence-electron chi connectivity index (χ4n) is 4.24. The molecule has 0 bridgehead atoms. The summed E-state index contributed by atoms with van der Waals surface area (Å²) in [7, 11) is 1.09. The van der Waals surface area contributed by atoms with E-state index >= 15 is 0 Å². The first-order chi connectivity index (χ1) is 17.2. The standard InChI is InChI=1S/C29H27IO4S/c1-3-32-19-34-29-25(30)16-20(17-26(29)31-2)18-33-21-12-14-22(15-13-21)35-27-10-6-4-8-23(27)24-9-5-7-11-28(24)35/h4-17,35H,3,18-19H2,1-2H3. The molecule has 1 aliphatic rings. The van der Waals surface area contributed by atoms with Crippen LogP contribution < -0.4 is 14.2 Å². The number of halogens is 1. The van der Waals surface area contributed by atoms with Gasteiger partial charge in [-0.25, -0.2) is 0 Å². The minimum atomic E-state index is -0.556. The van der Waals surface area contributed by atoms with Gasteiger partial charge in [0, 0.05) is 16.4 Å². The van der Waals surface area contributed by atoms with Gasteiger partial charge in [0.25, 0.3) is 0 Å². The lowest BCUT2D eigenvalue weighted by atomic mass is 10.1. The number of methoxy groups -OCH3 is 1. The monoisotopic (exact) mass is 598 g/mol. The summed E-state index contributed by atoms with van der Waals surface area (Å²) < 4.78 is 23.7. The van der Waals surface area contributed by atoms with Crippen LogP contribution in [-0.4, -0.2) is 20.5 Å². The van der Waals surface area contributed by atoms with E-state index in [2.05, 4.69) is 95.4 Å². The van der Waals surface area contributed by atoms with Crippen LogP contribution in [0.1, 0.15) is 12.5 Å². The molecule has 0 spiro atoms. The van der Waals surface area contributed by atoms with Gasteiger partial charge < -0.3 is 18.9 Å². The first-order valence-electron chi connectivity index (χ1n) is 11.5. The maximum Gasteiger partial charge on any atom is 0.189 e. The van der Waals surface area contributed by atoms with Crippen molar-refractivity contribution < 1.29 is 18.9 Å². The number of thiol groups is 1. The maximum absolute atomic E-state index is 6.12. The summed E-state index contributed by atoms with van der Waals surface area (Å²) in [6.45, 7) is 3.18. The van der Waals surface area contributed by atoms with Crippen LogP contribution in [0.2, 0.25) is 0 Å². The van der Waals surface area contributed by atoms with Crippen molar-refractivity contribution in [3.05, 3.63) is 94.1 Å². The summed E-state index contributed by atoms with van der Waals surface area (Å²) in [5.74, 6) is 2.20. The quantitative estimate of drug-likeness (QED) is 0.0817. The van der Waals surface area contributed by atoms with Crippen molar-refractivity contribution in [2.75, 3.05) is 20.5 Å². The molecule has 0 aromatic heterocycles. The summed E-state index contributed by atoms with van der Waals surface area (Å²) in [5, 5.41) is 0. The Balaban J connectivity index is 1.32. The minimum Gasteiger partial charge on any atom is -0.493 e. The number of rotatable bonds is 9. The van der Waals surface area contributed by atoms with Crippen LogP contribution in [0.4, 0.5) is 0 Å². The zero-order valence-corrected chi connectivity index (χ0v) is 22.7. The Kier molecular flexibility index (Phi) is 7.51. The van der Waals surface area contributed by atoms with Crippen molar-refractivity contribution in [2.24, 2.45) is 0 Å². The highest BCUT2D eigenvalue weighted by atomic mass is 127. The average molecular weight is 599 g/mol. The molecule has 5 rings (SSSR count). The largest absolute Gasteiger partial charge is 0.493 e. The number of hydrogen-bond donors (Lipinski definition) is 1.